The molecule has 1 aliphatic rings. The molecule has 0 bridgehead atoms. The molecule has 1 fully saturated rings. The van der Waals surface area contributed by atoms with Gasteiger partial charge in [-0.15, -0.1) is 0 Å². The maximum absolute atomic E-state index is 3.60. The van der Waals surface area contributed by atoms with Gasteiger partial charge in [0.2, 0.25) is 0 Å². The summed E-state index contributed by atoms with van der Waals surface area (Å²) in [5, 5.41) is 3.60. The van der Waals surface area contributed by atoms with Crippen molar-refractivity contribution < 1.29 is 0 Å². The summed E-state index contributed by atoms with van der Waals surface area (Å²) in [7, 11) is 0. The minimum atomic E-state index is 1.02. The van der Waals surface area contributed by atoms with Crippen LogP contribution in [0.5, 0.6) is 0 Å². The zero-order chi connectivity index (χ0) is 11.5. The molecule has 1 aliphatic carbocycles. The Balaban J connectivity index is 1.65. The van der Waals surface area contributed by atoms with Crippen molar-refractivity contribution >= 4 is 0 Å². The molecule has 0 atom stereocenters. The van der Waals surface area contributed by atoms with Gasteiger partial charge in [-0.2, -0.15) is 0 Å². The third-order valence-electron chi connectivity index (χ3n) is 3.86. The first-order chi connectivity index (χ1) is 7.93. The van der Waals surface area contributed by atoms with E-state index in [9.17, 15) is 0 Å². The lowest BCUT2D eigenvalue weighted by Crippen LogP contribution is -2.27. The third kappa shape index (κ3) is 7.27. The predicted molar refractivity (Wildman–Crippen MR) is 72.8 cm³/mol. The van der Waals surface area contributed by atoms with Gasteiger partial charge in [0.15, 0.2) is 0 Å². The monoisotopic (exact) mass is 225 g/mol. The van der Waals surface area contributed by atoms with Crippen LogP contribution in [0.2, 0.25) is 0 Å². The van der Waals surface area contributed by atoms with E-state index >= 15 is 0 Å². The van der Waals surface area contributed by atoms with Gasteiger partial charge in [-0.3, -0.25) is 0 Å². The quantitative estimate of drug-likeness (QED) is 0.510. The van der Waals surface area contributed by atoms with Crippen LogP contribution < -0.4 is 5.32 Å². The van der Waals surface area contributed by atoms with Crippen molar-refractivity contribution in [3.05, 3.63) is 0 Å². The molecule has 0 spiro atoms. The van der Waals surface area contributed by atoms with Gasteiger partial charge in [0, 0.05) is 0 Å². The first-order valence-electron chi connectivity index (χ1n) is 7.64. The fraction of sp³-hybridized carbons (Fsp3) is 1.00. The average Bonchev–Trinajstić information content (AvgIpc) is 2.23. The molecule has 0 amide bonds. The van der Waals surface area contributed by atoms with E-state index in [0.29, 0.717) is 0 Å². The topological polar surface area (TPSA) is 12.0 Å². The van der Waals surface area contributed by atoms with Gasteiger partial charge in [-0.05, 0) is 38.3 Å². The number of nitrogens with one attached hydrogen (secondary N) is 1. The van der Waals surface area contributed by atoms with Crippen LogP contribution in [0, 0.1) is 5.92 Å². The smallest absolute Gasteiger partial charge is 0.00205 e. The SMILES string of the molecule is CCCCCCCCCCNCC1CCC1. The fourth-order valence-electron chi connectivity index (χ4n) is 2.39. The third-order valence-corrected chi connectivity index (χ3v) is 3.86. The Labute approximate surface area is 102 Å². The van der Waals surface area contributed by atoms with Crippen molar-refractivity contribution in [1.29, 1.82) is 0 Å². The Morgan fingerprint density at radius 3 is 2.06 bits per heavy atom. The van der Waals surface area contributed by atoms with Crippen LogP contribution in [-0.4, -0.2) is 13.1 Å². The Morgan fingerprint density at radius 2 is 1.50 bits per heavy atom. The largest absolute Gasteiger partial charge is 0.316 e. The van der Waals surface area contributed by atoms with E-state index in [0.717, 1.165) is 5.92 Å². The molecule has 0 aromatic rings. The minimum absolute atomic E-state index is 1.02. The van der Waals surface area contributed by atoms with E-state index in [1.807, 2.05) is 0 Å². The maximum atomic E-state index is 3.60. The van der Waals surface area contributed by atoms with E-state index in [1.165, 1.54) is 83.7 Å². The summed E-state index contributed by atoms with van der Waals surface area (Å²) < 4.78 is 0. The van der Waals surface area contributed by atoms with Crippen LogP contribution in [0.3, 0.4) is 0 Å². The molecule has 0 aromatic carbocycles. The highest BCUT2D eigenvalue weighted by molar-refractivity contribution is 4.71. The number of rotatable bonds is 11. The van der Waals surface area contributed by atoms with Crippen molar-refractivity contribution in [2.24, 2.45) is 5.92 Å². The highest BCUT2D eigenvalue weighted by Gasteiger charge is 2.15. The highest BCUT2D eigenvalue weighted by Crippen LogP contribution is 2.25. The fourth-order valence-corrected chi connectivity index (χ4v) is 2.39. The zero-order valence-corrected chi connectivity index (χ0v) is 11.3. The zero-order valence-electron chi connectivity index (χ0n) is 11.3. The van der Waals surface area contributed by atoms with E-state index in [4.69, 9.17) is 0 Å². The lowest BCUT2D eigenvalue weighted by atomic mass is 9.85. The normalized spacial score (nSPS) is 16.3. The summed E-state index contributed by atoms with van der Waals surface area (Å²) in [6, 6.07) is 0. The molecular weight excluding hydrogens is 194 g/mol. The van der Waals surface area contributed by atoms with Gasteiger partial charge in [0.05, 0.1) is 0 Å². The lowest BCUT2D eigenvalue weighted by molar-refractivity contribution is 0.301. The van der Waals surface area contributed by atoms with E-state index in [1.54, 1.807) is 0 Å². The molecule has 0 saturated heterocycles. The van der Waals surface area contributed by atoms with Gasteiger partial charge in [-0.25, -0.2) is 0 Å². The van der Waals surface area contributed by atoms with Gasteiger partial charge < -0.3 is 5.32 Å². The molecule has 0 aromatic heterocycles. The molecular formula is C15H31N. The Hall–Kier alpha value is -0.0400. The summed E-state index contributed by atoms with van der Waals surface area (Å²) in [6.07, 6.45) is 15.9. The molecule has 16 heavy (non-hydrogen) atoms. The van der Waals surface area contributed by atoms with Crippen LogP contribution in [0.15, 0.2) is 0 Å². The molecule has 1 N–H and O–H groups in total. The predicted octanol–water partition coefficient (Wildman–Crippen LogP) is 4.52. The van der Waals surface area contributed by atoms with Crippen LogP contribution >= 0.6 is 0 Å². The molecule has 1 saturated carbocycles. The van der Waals surface area contributed by atoms with Crippen molar-refractivity contribution in [3.8, 4) is 0 Å². The summed E-state index contributed by atoms with van der Waals surface area (Å²) in [6.45, 7) is 4.83. The molecule has 96 valence electrons. The van der Waals surface area contributed by atoms with E-state index in [2.05, 4.69) is 12.2 Å². The first kappa shape index (κ1) is 14.0. The van der Waals surface area contributed by atoms with Crippen LogP contribution in [0.4, 0.5) is 0 Å². The number of unbranched alkanes of at least 4 members (excludes halogenated alkanes) is 7. The van der Waals surface area contributed by atoms with Crippen LogP contribution in [0.1, 0.15) is 77.6 Å². The van der Waals surface area contributed by atoms with E-state index in [-0.39, 0.29) is 0 Å². The van der Waals surface area contributed by atoms with Gasteiger partial charge in [0.25, 0.3) is 0 Å². The molecule has 0 aliphatic heterocycles. The van der Waals surface area contributed by atoms with Gasteiger partial charge >= 0.3 is 0 Å². The molecule has 1 nitrogen and oxygen atoms in total. The Kier molecular flexibility index (Phi) is 8.88. The van der Waals surface area contributed by atoms with Crippen molar-refractivity contribution in [2.45, 2.75) is 77.6 Å². The minimum Gasteiger partial charge on any atom is -0.316 e. The van der Waals surface area contributed by atoms with Crippen LogP contribution in [0.25, 0.3) is 0 Å². The molecule has 0 unspecified atom stereocenters. The number of hydrogen-bond acceptors (Lipinski definition) is 1. The Bertz CT molecular complexity index is 140. The molecule has 1 rings (SSSR count). The van der Waals surface area contributed by atoms with Crippen molar-refractivity contribution in [2.75, 3.05) is 13.1 Å². The highest BCUT2D eigenvalue weighted by atomic mass is 14.9. The average molecular weight is 225 g/mol. The van der Waals surface area contributed by atoms with Crippen LogP contribution in [-0.2, 0) is 0 Å². The summed E-state index contributed by atoms with van der Waals surface area (Å²) >= 11 is 0. The van der Waals surface area contributed by atoms with Gasteiger partial charge in [0.1, 0.15) is 0 Å². The molecule has 0 heterocycles. The second-order valence-corrected chi connectivity index (χ2v) is 5.48. The summed E-state index contributed by atoms with van der Waals surface area (Å²) in [4.78, 5) is 0. The van der Waals surface area contributed by atoms with Crippen molar-refractivity contribution in [1.82, 2.24) is 5.32 Å². The number of hydrogen-bond donors (Lipinski definition) is 1. The van der Waals surface area contributed by atoms with E-state index < -0.39 is 0 Å². The lowest BCUT2D eigenvalue weighted by Gasteiger charge is -2.25. The molecule has 1 heteroatoms. The van der Waals surface area contributed by atoms with Gasteiger partial charge in [-0.1, -0.05) is 58.3 Å². The second-order valence-electron chi connectivity index (χ2n) is 5.48. The summed E-state index contributed by atoms with van der Waals surface area (Å²) in [5.74, 6) is 1.02. The standard InChI is InChI=1S/C15H31N/c1-2-3-4-5-6-7-8-9-13-16-14-15-11-10-12-15/h15-16H,2-14H2,1H3. The van der Waals surface area contributed by atoms with Crippen molar-refractivity contribution in [3.63, 3.8) is 0 Å². The molecule has 0 radical (unpaired) electrons. The Morgan fingerprint density at radius 1 is 0.875 bits per heavy atom. The first-order valence-corrected chi connectivity index (χ1v) is 7.64. The maximum Gasteiger partial charge on any atom is -0.00205 e. The second kappa shape index (κ2) is 10.1. The summed E-state index contributed by atoms with van der Waals surface area (Å²) in [5.41, 5.74) is 0.